The van der Waals surface area contributed by atoms with E-state index in [4.69, 9.17) is 0 Å². The highest BCUT2D eigenvalue weighted by Crippen LogP contribution is 2.37. The van der Waals surface area contributed by atoms with Crippen molar-refractivity contribution in [1.29, 1.82) is 0 Å². The van der Waals surface area contributed by atoms with Crippen LogP contribution in [0.5, 0.6) is 0 Å². The zero-order chi connectivity index (χ0) is 19.8. The van der Waals surface area contributed by atoms with Gasteiger partial charge < -0.3 is 14.8 Å². The van der Waals surface area contributed by atoms with Gasteiger partial charge in [0, 0.05) is 36.0 Å². The van der Waals surface area contributed by atoms with E-state index in [1.54, 1.807) is 0 Å². The molecule has 1 aromatic heterocycles. The molecule has 0 saturated heterocycles. The van der Waals surface area contributed by atoms with Gasteiger partial charge in [-0.1, -0.05) is 12.5 Å². The lowest BCUT2D eigenvalue weighted by atomic mass is 9.97. The van der Waals surface area contributed by atoms with Crippen LogP contribution in [0, 0.1) is 6.92 Å². The van der Waals surface area contributed by atoms with Gasteiger partial charge in [-0.15, -0.1) is 0 Å². The molecular formula is C21H31N5O. The quantitative estimate of drug-likeness (QED) is 0.475. The number of hydrogen-bond donors (Lipinski definition) is 1. The number of carbonyl (C=O) groups excluding carboxylic acids is 1. The SMILES string of the molecule is C=N/C(NC1(C)CC1)=C(\CC)C(C(=O)N1CCn2cc(C)nc2C1)=C(C)C. The number of hydrogen-bond acceptors (Lipinski definition) is 4. The minimum absolute atomic E-state index is 0.0580. The number of carbonyl (C=O) groups is 1. The standard InChI is InChI=1S/C21H31N5O/c1-7-16(19(22-6)24-21(5)8-9-21)18(14(2)3)20(27)26-11-10-25-12-15(4)23-17(25)13-26/h12,24H,6-11,13H2,1-5H3/b19-16-. The Morgan fingerprint density at radius 2 is 2.07 bits per heavy atom. The van der Waals surface area contributed by atoms with E-state index in [0.717, 1.165) is 59.9 Å². The molecule has 1 aliphatic heterocycles. The monoisotopic (exact) mass is 369 g/mol. The van der Waals surface area contributed by atoms with E-state index in [-0.39, 0.29) is 11.4 Å². The highest BCUT2D eigenvalue weighted by atomic mass is 16.2. The van der Waals surface area contributed by atoms with Crippen LogP contribution in [0.2, 0.25) is 0 Å². The van der Waals surface area contributed by atoms with Crippen LogP contribution < -0.4 is 5.32 Å². The van der Waals surface area contributed by atoms with Gasteiger partial charge >= 0.3 is 0 Å². The van der Waals surface area contributed by atoms with Crippen LogP contribution in [0.15, 0.2) is 33.7 Å². The lowest BCUT2D eigenvalue weighted by Crippen LogP contribution is -2.40. The molecule has 0 atom stereocenters. The number of amides is 1. The maximum Gasteiger partial charge on any atom is 0.254 e. The van der Waals surface area contributed by atoms with Crippen molar-refractivity contribution >= 4 is 12.6 Å². The molecule has 2 heterocycles. The third-order valence-corrected chi connectivity index (χ3v) is 5.44. The fraction of sp³-hybridized carbons (Fsp3) is 0.571. The number of nitrogens with one attached hydrogen (secondary N) is 1. The van der Waals surface area contributed by atoms with Crippen molar-refractivity contribution in [3.63, 3.8) is 0 Å². The highest BCUT2D eigenvalue weighted by molar-refractivity contribution is 5.98. The summed E-state index contributed by atoms with van der Waals surface area (Å²) in [7, 11) is 0. The molecule has 0 bridgehead atoms. The summed E-state index contributed by atoms with van der Waals surface area (Å²) < 4.78 is 2.14. The van der Waals surface area contributed by atoms with Crippen LogP contribution in [0.25, 0.3) is 0 Å². The van der Waals surface area contributed by atoms with Gasteiger partial charge in [-0.25, -0.2) is 9.98 Å². The number of aliphatic imine (C=N–C) groups is 1. The summed E-state index contributed by atoms with van der Waals surface area (Å²) in [4.78, 5) is 24.2. The Morgan fingerprint density at radius 1 is 1.37 bits per heavy atom. The normalized spacial score (nSPS) is 18.3. The Morgan fingerprint density at radius 3 is 2.63 bits per heavy atom. The minimum atomic E-state index is 0.0580. The van der Waals surface area contributed by atoms with Crippen molar-refractivity contribution in [3.8, 4) is 0 Å². The van der Waals surface area contributed by atoms with Crippen LogP contribution in [-0.4, -0.2) is 39.2 Å². The van der Waals surface area contributed by atoms with Crippen molar-refractivity contribution in [2.45, 2.75) is 72.5 Å². The number of aromatic nitrogens is 2. The summed E-state index contributed by atoms with van der Waals surface area (Å²) in [6, 6.07) is 0. The van der Waals surface area contributed by atoms with Crippen molar-refractivity contribution in [1.82, 2.24) is 19.8 Å². The lowest BCUT2D eigenvalue weighted by molar-refractivity contribution is -0.128. The zero-order valence-corrected chi connectivity index (χ0v) is 17.2. The second-order valence-electron chi connectivity index (χ2n) is 8.12. The Hall–Kier alpha value is -2.37. The maximum atomic E-state index is 13.5. The van der Waals surface area contributed by atoms with Crippen LogP contribution >= 0.6 is 0 Å². The molecular weight excluding hydrogens is 338 g/mol. The van der Waals surface area contributed by atoms with Gasteiger partial charge in [0.1, 0.15) is 11.6 Å². The van der Waals surface area contributed by atoms with E-state index in [1.807, 2.05) is 25.7 Å². The zero-order valence-electron chi connectivity index (χ0n) is 17.2. The molecule has 2 aliphatic rings. The first-order valence-electron chi connectivity index (χ1n) is 9.76. The van der Waals surface area contributed by atoms with Gasteiger partial charge in [0.15, 0.2) is 0 Å². The van der Waals surface area contributed by atoms with Crippen molar-refractivity contribution in [2.75, 3.05) is 6.54 Å². The molecule has 1 amide bonds. The molecule has 0 radical (unpaired) electrons. The molecule has 1 N–H and O–H groups in total. The van der Waals surface area contributed by atoms with Gasteiger partial charge in [-0.2, -0.15) is 0 Å². The van der Waals surface area contributed by atoms with Crippen molar-refractivity contribution in [2.24, 2.45) is 4.99 Å². The molecule has 27 heavy (non-hydrogen) atoms. The van der Waals surface area contributed by atoms with E-state index >= 15 is 0 Å². The molecule has 146 valence electrons. The number of allylic oxidation sites excluding steroid dienone is 1. The number of imidazole rings is 1. The first-order valence-corrected chi connectivity index (χ1v) is 9.76. The predicted octanol–water partition coefficient (Wildman–Crippen LogP) is 3.33. The molecule has 6 heteroatoms. The van der Waals surface area contributed by atoms with Crippen molar-refractivity contribution in [3.05, 3.63) is 40.3 Å². The fourth-order valence-corrected chi connectivity index (χ4v) is 3.64. The molecule has 3 rings (SSSR count). The van der Waals surface area contributed by atoms with Crippen LogP contribution in [-0.2, 0) is 17.9 Å². The van der Waals surface area contributed by atoms with Crippen LogP contribution in [0.3, 0.4) is 0 Å². The number of fused-ring (bicyclic) bond motifs is 1. The summed E-state index contributed by atoms with van der Waals surface area (Å²) in [6.07, 6.45) is 5.02. The van der Waals surface area contributed by atoms with E-state index in [1.165, 1.54) is 0 Å². The Labute approximate surface area is 162 Å². The Bertz CT molecular complexity index is 822. The molecule has 0 aromatic carbocycles. The Kier molecular flexibility index (Phi) is 5.27. The van der Waals surface area contributed by atoms with E-state index in [2.05, 4.69) is 46.6 Å². The van der Waals surface area contributed by atoms with Crippen LogP contribution in [0.4, 0.5) is 0 Å². The number of aryl methyl sites for hydroxylation is 1. The summed E-state index contributed by atoms with van der Waals surface area (Å²) in [5.41, 5.74) is 3.79. The first kappa shape index (κ1) is 19.4. The van der Waals surface area contributed by atoms with Gasteiger partial charge in [-0.05, 0) is 53.7 Å². The summed E-state index contributed by atoms with van der Waals surface area (Å²) >= 11 is 0. The maximum absolute atomic E-state index is 13.5. The number of nitrogens with zero attached hydrogens (tertiary/aromatic N) is 4. The van der Waals surface area contributed by atoms with E-state index in [0.29, 0.717) is 13.1 Å². The van der Waals surface area contributed by atoms with Gasteiger partial charge in [0.25, 0.3) is 5.91 Å². The summed E-state index contributed by atoms with van der Waals surface area (Å²) in [5, 5.41) is 3.51. The second-order valence-corrected chi connectivity index (χ2v) is 8.12. The van der Waals surface area contributed by atoms with E-state index in [9.17, 15) is 4.79 Å². The minimum Gasteiger partial charge on any atom is -0.365 e. The summed E-state index contributed by atoms with van der Waals surface area (Å²) in [5.74, 6) is 1.76. The lowest BCUT2D eigenvalue weighted by Gasteiger charge is -2.30. The largest absolute Gasteiger partial charge is 0.365 e. The molecule has 6 nitrogen and oxygen atoms in total. The van der Waals surface area contributed by atoms with Gasteiger partial charge in [0.2, 0.25) is 0 Å². The molecule has 1 aromatic rings. The molecule has 1 aliphatic carbocycles. The average Bonchev–Trinajstić information content (AvgIpc) is 3.22. The molecule has 0 spiro atoms. The van der Waals surface area contributed by atoms with Crippen LogP contribution in [0.1, 0.15) is 58.5 Å². The first-order chi connectivity index (χ1) is 12.8. The molecule has 0 unspecified atom stereocenters. The average molecular weight is 370 g/mol. The highest BCUT2D eigenvalue weighted by Gasteiger charge is 2.38. The summed E-state index contributed by atoms with van der Waals surface area (Å²) in [6.45, 7) is 16.0. The molecule has 1 saturated carbocycles. The topological polar surface area (TPSA) is 62.5 Å². The Balaban J connectivity index is 1.91. The van der Waals surface area contributed by atoms with E-state index < -0.39 is 0 Å². The van der Waals surface area contributed by atoms with Crippen molar-refractivity contribution < 1.29 is 4.79 Å². The number of rotatable bonds is 6. The smallest absolute Gasteiger partial charge is 0.254 e. The fourth-order valence-electron chi connectivity index (χ4n) is 3.64. The third-order valence-electron chi connectivity index (χ3n) is 5.44. The van der Waals surface area contributed by atoms with Gasteiger partial charge in [-0.3, -0.25) is 4.79 Å². The molecule has 1 fully saturated rings. The second kappa shape index (κ2) is 7.33. The third kappa shape index (κ3) is 3.99. The predicted molar refractivity (Wildman–Crippen MR) is 108 cm³/mol. The van der Waals surface area contributed by atoms with Gasteiger partial charge in [0.05, 0.1) is 12.2 Å².